The van der Waals surface area contributed by atoms with Crippen LogP contribution >= 0.6 is 0 Å². The lowest BCUT2D eigenvalue weighted by molar-refractivity contribution is -0.148. The molecule has 6 heteroatoms. The Morgan fingerprint density at radius 3 is 2.40 bits per heavy atom. The van der Waals surface area contributed by atoms with Gasteiger partial charge in [-0.05, 0) is 24.3 Å². The molecule has 1 aromatic heterocycles. The minimum Gasteiger partial charge on any atom is -0.486 e. The number of rotatable bonds is 5. The van der Waals surface area contributed by atoms with E-state index in [0.717, 1.165) is 0 Å². The summed E-state index contributed by atoms with van der Waals surface area (Å²) in [6.07, 6.45) is -2.22. The van der Waals surface area contributed by atoms with Crippen LogP contribution in [0.2, 0.25) is 0 Å². The van der Waals surface area contributed by atoms with Crippen LogP contribution in [0.3, 0.4) is 0 Å². The van der Waals surface area contributed by atoms with Crippen molar-refractivity contribution in [3.05, 3.63) is 48.7 Å². The van der Waals surface area contributed by atoms with Crippen LogP contribution < -0.4 is 4.74 Å². The molecule has 0 saturated carbocycles. The predicted octanol–water partition coefficient (Wildman–Crippen LogP) is 4.03. The largest absolute Gasteiger partial charge is 0.486 e. The molecule has 0 aliphatic rings. The molecule has 0 bridgehead atoms. The fourth-order valence-corrected chi connectivity index (χ4v) is 1.56. The zero-order chi connectivity index (χ0) is 14.6. The molecule has 0 amide bonds. The van der Waals surface area contributed by atoms with Gasteiger partial charge in [0.05, 0.1) is 5.69 Å². The fraction of sp³-hybridized carbons (Fsp3) is 0.214. The maximum Gasteiger partial charge on any atom is 0.340 e. The average molecular weight is 285 g/mol. The molecule has 20 heavy (non-hydrogen) atoms. The van der Waals surface area contributed by atoms with Crippen LogP contribution in [0.1, 0.15) is 0 Å². The molecule has 2 rings (SSSR count). The summed E-state index contributed by atoms with van der Waals surface area (Å²) in [5.41, 5.74) is 0.988. The van der Waals surface area contributed by atoms with Gasteiger partial charge in [-0.3, -0.25) is 4.98 Å². The first-order valence-corrected chi connectivity index (χ1v) is 5.80. The minimum absolute atomic E-state index is 0.0894. The molecule has 106 valence electrons. The Labute approximate surface area is 113 Å². The first-order valence-electron chi connectivity index (χ1n) is 5.80. The van der Waals surface area contributed by atoms with Gasteiger partial charge in [-0.15, -0.1) is 0 Å². The van der Waals surface area contributed by atoms with Crippen molar-refractivity contribution in [2.75, 3.05) is 6.61 Å². The maximum atomic E-state index is 12.9. The normalized spacial score (nSPS) is 11.7. The number of ether oxygens (including phenoxy) is 1. The molecule has 2 aromatic rings. The second-order valence-corrected chi connectivity index (χ2v) is 4.06. The topological polar surface area (TPSA) is 22.1 Å². The first-order chi connectivity index (χ1) is 9.50. The highest BCUT2D eigenvalue weighted by Crippen LogP contribution is 2.30. The van der Waals surface area contributed by atoms with E-state index in [4.69, 9.17) is 4.74 Å². The van der Waals surface area contributed by atoms with Gasteiger partial charge in [0.2, 0.25) is 0 Å². The summed E-state index contributed by atoms with van der Waals surface area (Å²) in [7, 11) is 0. The van der Waals surface area contributed by atoms with Gasteiger partial charge in [-0.25, -0.2) is 8.78 Å². The summed E-state index contributed by atoms with van der Waals surface area (Å²) >= 11 is 0. The lowest BCUT2D eigenvalue weighted by atomic mass is 10.1. The molecule has 0 saturated heterocycles. The maximum absolute atomic E-state index is 12.9. The molecular formula is C14H11F4NO. The average Bonchev–Trinajstić information content (AvgIpc) is 2.46. The molecule has 0 fully saturated rings. The third-order valence-corrected chi connectivity index (χ3v) is 2.57. The van der Waals surface area contributed by atoms with Crippen LogP contribution in [-0.4, -0.2) is 23.9 Å². The number of halogens is 4. The molecule has 1 aromatic carbocycles. The molecule has 0 atom stereocenters. The van der Waals surface area contributed by atoms with Crippen LogP contribution in [0.4, 0.5) is 17.6 Å². The summed E-state index contributed by atoms with van der Waals surface area (Å²) < 4.78 is 54.8. The van der Waals surface area contributed by atoms with E-state index < -0.39 is 19.0 Å². The molecule has 0 N–H and O–H groups in total. The smallest absolute Gasteiger partial charge is 0.340 e. The van der Waals surface area contributed by atoms with E-state index >= 15 is 0 Å². The van der Waals surface area contributed by atoms with Gasteiger partial charge in [-0.2, -0.15) is 8.78 Å². The van der Waals surface area contributed by atoms with Gasteiger partial charge >= 0.3 is 12.3 Å². The van der Waals surface area contributed by atoms with Crippen LogP contribution in [0.15, 0.2) is 48.7 Å². The molecule has 0 unspecified atom stereocenters. The number of pyridine rings is 1. The SMILES string of the molecule is FC(F)C(F)(F)COc1ccccc1-c1ccccn1. The Balaban J connectivity index is 2.22. The third kappa shape index (κ3) is 3.26. The van der Waals surface area contributed by atoms with E-state index in [9.17, 15) is 17.6 Å². The van der Waals surface area contributed by atoms with Crippen molar-refractivity contribution < 1.29 is 22.3 Å². The van der Waals surface area contributed by atoms with Gasteiger partial charge in [0.25, 0.3) is 0 Å². The zero-order valence-corrected chi connectivity index (χ0v) is 10.3. The Morgan fingerprint density at radius 1 is 1.05 bits per heavy atom. The van der Waals surface area contributed by atoms with Crippen molar-refractivity contribution in [1.29, 1.82) is 0 Å². The second-order valence-electron chi connectivity index (χ2n) is 4.06. The monoisotopic (exact) mass is 285 g/mol. The zero-order valence-electron chi connectivity index (χ0n) is 10.3. The van der Waals surface area contributed by atoms with Crippen LogP contribution in [-0.2, 0) is 0 Å². The van der Waals surface area contributed by atoms with Crippen molar-refractivity contribution in [2.24, 2.45) is 0 Å². The summed E-state index contributed by atoms with van der Waals surface area (Å²) in [6.45, 7) is -1.38. The molecule has 0 spiro atoms. The fourth-order valence-electron chi connectivity index (χ4n) is 1.56. The summed E-state index contributed by atoms with van der Waals surface area (Å²) in [6, 6.07) is 11.4. The van der Waals surface area contributed by atoms with Crippen LogP contribution in [0, 0.1) is 0 Å². The molecule has 1 heterocycles. The highest BCUT2D eigenvalue weighted by atomic mass is 19.3. The van der Waals surface area contributed by atoms with E-state index in [-0.39, 0.29) is 5.75 Å². The van der Waals surface area contributed by atoms with Crippen LogP contribution in [0.5, 0.6) is 5.75 Å². The van der Waals surface area contributed by atoms with Gasteiger partial charge in [0.1, 0.15) is 5.75 Å². The third-order valence-electron chi connectivity index (χ3n) is 2.57. The number of hydrogen-bond donors (Lipinski definition) is 0. The summed E-state index contributed by atoms with van der Waals surface area (Å²) in [5.74, 6) is -4.09. The van der Waals surface area contributed by atoms with Gasteiger partial charge in [-0.1, -0.05) is 18.2 Å². The molecule has 0 aliphatic carbocycles. The van der Waals surface area contributed by atoms with E-state index in [2.05, 4.69) is 4.98 Å². The lowest BCUT2D eigenvalue weighted by Crippen LogP contribution is -2.33. The minimum atomic E-state index is -4.18. The van der Waals surface area contributed by atoms with E-state index in [1.165, 1.54) is 6.07 Å². The number of para-hydroxylation sites is 1. The Hall–Kier alpha value is -2.11. The number of aromatic nitrogens is 1. The van der Waals surface area contributed by atoms with Crippen molar-refractivity contribution in [2.45, 2.75) is 12.3 Å². The molecular weight excluding hydrogens is 274 g/mol. The van der Waals surface area contributed by atoms with Crippen LogP contribution in [0.25, 0.3) is 11.3 Å². The van der Waals surface area contributed by atoms with E-state index in [0.29, 0.717) is 11.3 Å². The van der Waals surface area contributed by atoms with E-state index in [1.54, 1.807) is 42.6 Å². The van der Waals surface area contributed by atoms with Crippen molar-refractivity contribution in [3.63, 3.8) is 0 Å². The second kappa shape index (κ2) is 5.90. The van der Waals surface area contributed by atoms with Crippen molar-refractivity contribution >= 4 is 0 Å². The number of alkyl halides is 4. The van der Waals surface area contributed by atoms with Gasteiger partial charge in [0, 0.05) is 11.8 Å². The summed E-state index contributed by atoms with van der Waals surface area (Å²) in [5, 5.41) is 0. The van der Waals surface area contributed by atoms with Gasteiger partial charge in [0.15, 0.2) is 6.61 Å². The summed E-state index contributed by atoms with van der Waals surface area (Å²) in [4.78, 5) is 4.07. The van der Waals surface area contributed by atoms with Gasteiger partial charge < -0.3 is 4.74 Å². The first kappa shape index (κ1) is 14.3. The predicted molar refractivity (Wildman–Crippen MR) is 66.1 cm³/mol. The highest BCUT2D eigenvalue weighted by molar-refractivity contribution is 5.66. The highest BCUT2D eigenvalue weighted by Gasteiger charge is 2.41. The number of nitrogens with zero attached hydrogens (tertiary/aromatic N) is 1. The van der Waals surface area contributed by atoms with E-state index in [1.807, 2.05) is 0 Å². The Bertz CT molecular complexity index is 560. The molecule has 2 nitrogen and oxygen atoms in total. The quantitative estimate of drug-likeness (QED) is 0.774. The Morgan fingerprint density at radius 2 is 1.75 bits per heavy atom. The Kier molecular flexibility index (Phi) is 4.22. The van der Waals surface area contributed by atoms with Crippen molar-refractivity contribution in [1.82, 2.24) is 4.98 Å². The molecule has 0 aliphatic heterocycles. The van der Waals surface area contributed by atoms with Crippen molar-refractivity contribution in [3.8, 4) is 17.0 Å². The lowest BCUT2D eigenvalue weighted by Gasteiger charge is -2.17. The standard InChI is InChI=1S/C14H11F4NO/c15-13(16)14(17,18)9-20-12-7-2-1-5-10(12)11-6-3-4-8-19-11/h1-8,13H,9H2. The number of hydrogen-bond acceptors (Lipinski definition) is 2. The molecule has 0 radical (unpaired) electrons. The number of benzene rings is 1.